The van der Waals surface area contributed by atoms with Gasteiger partial charge in [0.2, 0.25) is 15.8 Å². The van der Waals surface area contributed by atoms with Crippen LogP contribution in [0.15, 0.2) is 30.3 Å². The highest BCUT2D eigenvalue weighted by molar-refractivity contribution is 7.88. The van der Waals surface area contributed by atoms with Crippen LogP contribution in [0.5, 0.6) is 0 Å². The fourth-order valence-electron chi connectivity index (χ4n) is 4.65. The van der Waals surface area contributed by atoms with Crippen LogP contribution in [0.1, 0.15) is 56.9 Å². The van der Waals surface area contributed by atoms with Gasteiger partial charge in [0.05, 0.1) is 25.0 Å². The molecular weight excluding hydrogens is 404 g/mol. The van der Waals surface area contributed by atoms with Crippen molar-refractivity contribution < 1.29 is 22.7 Å². The molecular formula is C22H32N2O5S. The molecule has 0 spiro atoms. The molecule has 7 nitrogen and oxygen atoms in total. The zero-order valence-electron chi connectivity index (χ0n) is 17.7. The lowest BCUT2D eigenvalue weighted by molar-refractivity contribution is -0.148. The van der Waals surface area contributed by atoms with Crippen molar-refractivity contribution in [3.63, 3.8) is 0 Å². The number of nitrogens with one attached hydrogen (secondary N) is 1. The summed E-state index contributed by atoms with van der Waals surface area (Å²) in [5.74, 6) is -0.573. The highest BCUT2D eigenvalue weighted by atomic mass is 32.2. The highest BCUT2D eigenvalue weighted by Gasteiger charge is 2.38. The Kier molecular flexibility index (Phi) is 7.65. The zero-order valence-corrected chi connectivity index (χ0v) is 18.6. The second-order valence-electron chi connectivity index (χ2n) is 8.48. The van der Waals surface area contributed by atoms with Crippen molar-refractivity contribution in [2.24, 2.45) is 0 Å². The molecule has 1 N–H and O–H groups in total. The Labute approximate surface area is 179 Å². The van der Waals surface area contributed by atoms with Gasteiger partial charge in [-0.1, -0.05) is 30.3 Å². The minimum Gasteiger partial charge on any atom is -0.376 e. The first-order valence-corrected chi connectivity index (χ1v) is 12.6. The van der Waals surface area contributed by atoms with Crippen LogP contribution in [-0.4, -0.2) is 62.6 Å². The van der Waals surface area contributed by atoms with E-state index in [1.165, 1.54) is 17.4 Å². The van der Waals surface area contributed by atoms with E-state index in [4.69, 9.17) is 4.74 Å². The van der Waals surface area contributed by atoms with Crippen molar-refractivity contribution in [3.05, 3.63) is 35.9 Å². The van der Waals surface area contributed by atoms with Crippen LogP contribution in [-0.2, 0) is 24.3 Å². The number of piperidine rings is 1. The van der Waals surface area contributed by atoms with Crippen LogP contribution in [0.2, 0.25) is 0 Å². The molecule has 1 saturated heterocycles. The van der Waals surface area contributed by atoms with Crippen LogP contribution in [0.4, 0.5) is 0 Å². The molecule has 30 heavy (non-hydrogen) atoms. The first kappa shape index (κ1) is 22.9. The number of ketones is 1. The normalized spacial score (nSPS) is 27.6. The Morgan fingerprint density at radius 1 is 1.10 bits per heavy atom. The van der Waals surface area contributed by atoms with E-state index in [2.05, 4.69) is 29.0 Å². The number of Topliss-reactive ketones (excluding diaryl/α,β-unsaturated/α-hetero) is 1. The zero-order chi connectivity index (χ0) is 21.7. The molecule has 0 unspecified atom stereocenters. The maximum atomic E-state index is 12.4. The molecule has 1 aliphatic heterocycles. The average molecular weight is 437 g/mol. The Hall–Kier alpha value is -1.77. The average Bonchev–Trinajstić information content (AvgIpc) is 2.72. The largest absolute Gasteiger partial charge is 0.376 e. The van der Waals surface area contributed by atoms with Crippen molar-refractivity contribution in [1.29, 1.82) is 0 Å². The van der Waals surface area contributed by atoms with Crippen molar-refractivity contribution in [3.8, 4) is 0 Å². The summed E-state index contributed by atoms with van der Waals surface area (Å²) in [6, 6.07) is 9.57. The van der Waals surface area contributed by atoms with E-state index in [1.807, 2.05) is 6.07 Å². The molecule has 1 amide bonds. The van der Waals surface area contributed by atoms with E-state index in [0.29, 0.717) is 25.3 Å². The number of likely N-dealkylation sites (tertiary alicyclic amines) is 1. The number of benzene rings is 1. The summed E-state index contributed by atoms with van der Waals surface area (Å²) >= 11 is 0. The molecule has 0 bridgehead atoms. The van der Waals surface area contributed by atoms with Crippen LogP contribution in [0.25, 0.3) is 0 Å². The van der Waals surface area contributed by atoms with E-state index < -0.39 is 33.8 Å². The van der Waals surface area contributed by atoms with Crippen molar-refractivity contribution in [2.75, 3.05) is 19.4 Å². The van der Waals surface area contributed by atoms with Crippen LogP contribution < -0.4 is 4.72 Å². The number of rotatable bonds is 7. The first-order valence-electron chi connectivity index (χ1n) is 10.7. The van der Waals surface area contributed by atoms with Gasteiger partial charge >= 0.3 is 0 Å². The Bertz CT molecular complexity index is 834. The molecule has 1 aliphatic carbocycles. The minimum absolute atomic E-state index is 0.0834. The summed E-state index contributed by atoms with van der Waals surface area (Å²) < 4.78 is 32.4. The summed E-state index contributed by atoms with van der Waals surface area (Å²) in [5, 5.41) is 0. The molecule has 1 aromatic rings. The van der Waals surface area contributed by atoms with Crippen molar-refractivity contribution in [1.82, 2.24) is 9.62 Å². The molecule has 1 saturated carbocycles. The molecule has 2 atom stereocenters. The van der Waals surface area contributed by atoms with Crippen LogP contribution in [0, 0.1) is 0 Å². The molecule has 8 heteroatoms. The van der Waals surface area contributed by atoms with Gasteiger partial charge in [-0.25, -0.2) is 13.1 Å². The summed E-state index contributed by atoms with van der Waals surface area (Å²) in [6.45, 7) is 1.92. The number of hydrogen-bond donors (Lipinski definition) is 1. The monoisotopic (exact) mass is 436 g/mol. The minimum atomic E-state index is -3.44. The third kappa shape index (κ3) is 6.12. The van der Waals surface area contributed by atoms with E-state index in [0.717, 1.165) is 31.9 Å². The maximum Gasteiger partial charge on any atom is 0.290 e. The number of carbonyl (C=O) groups is 2. The maximum absolute atomic E-state index is 12.4. The van der Waals surface area contributed by atoms with Gasteiger partial charge in [0.1, 0.15) is 0 Å². The number of amides is 1. The van der Waals surface area contributed by atoms with Gasteiger partial charge in [-0.15, -0.1) is 0 Å². The Balaban J connectivity index is 1.62. The van der Waals surface area contributed by atoms with Gasteiger partial charge in [0, 0.05) is 19.5 Å². The first-order chi connectivity index (χ1) is 14.2. The molecule has 2 aliphatic rings. The number of carbonyl (C=O) groups excluding carboxylic acids is 2. The quantitative estimate of drug-likeness (QED) is 0.662. The fourth-order valence-corrected chi connectivity index (χ4v) is 5.48. The molecule has 166 valence electrons. The highest BCUT2D eigenvalue weighted by Crippen LogP contribution is 2.34. The second-order valence-corrected chi connectivity index (χ2v) is 10.3. The third-order valence-corrected chi connectivity index (χ3v) is 6.89. The van der Waals surface area contributed by atoms with Crippen molar-refractivity contribution >= 4 is 21.7 Å². The van der Waals surface area contributed by atoms with E-state index >= 15 is 0 Å². The smallest absolute Gasteiger partial charge is 0.290 e. The second kappa shape index (κ2) is 10.0. The third-order valence-electron chi connectivity index (χ3n) is 6.15. The predicted octanol–water partition coefficient (Wildman–Crippen LogP) is 2.23. The summed E-state index contributed by atoms with van der Waals surface area (Å²) in [7, 11) is -3.44. The number of sulfonamides is 1. The summed E-state index contributed by atoms with van der Waals surface area (Å²) in [4.78, 5) is 25.6. The van der Waals surface area contributed by atoms with Gasteiger partial charge in [-0.05, 0) is 50.0 Å². The molecule has 2 fully saturated rings. The number of ether oxygens (including phenoxy) is 1. The summed E-state index contributed by atoms with van der Waals surface area (Å²) in [6.07, 6.45) is 6.39. The lowest BCUT2D eigenvalue weighted by atomic mass is 9.83. The lowest BCUT2D eigenvalue weighted by Crippen LogP contribution is -2.60. The topological polar surface area (TPSA) is 92.8 Å². The predicted molar refractivity (Wildman–Crippen MR) is 115 cm³/mol. The summed E-state index contributed by atoms with van der Waals surface area (Å²) in [5.41, 5.74) is 1.36. The molecule has 1 heterocycles. The van der Waals surface area contributed by atoms with Gasteiger partial charge in [-0.3, -0.25) is 9.59 Å². The van der Waals surface area contributed by atoms with Gasteiger partial charge in [-0.2, -0.15) is 0 Å². The lowest BCUT2D eigenvalue weighted by Gasteiger charge is -2.41. The number of hydrogen-bond acceptors (Lipinski definition) is 5. The molecule has 0 radical (unpaired) electrons. The Morgan fingerprint density at radius 3 is 2.37 bits per heavy atom. The molecule has 1 aromatic carbocycles. The SMILES string of the molecule is CC(=O)C(=O)N1CCC[C@H](NS(C)(=O)=O)[C@@H]1COC1CCC(c2ccccc2)CC1. The number of nitrogens with zero attached hydrogens (tertiary/aromatic N) is 1. The molecule has 0 aromatic heterocycles. The van der Waals surface area contributed by atoms with E-state index in [-0.39, 0.29) is 12.7 Å². The van der Waals surface area contributed by atoms with Gasteiger partial charge in [0.15, 0.2) is 0 Å². The van der Waals surface area contributed by atoms with Crippen molar-refractivity contribution in [2.45, 2.75) is 69.6 Å². The van der Waals surface area contributed by atoms with Crippen LogP contribution in [0.3, 0.4) is 0 Å². The van der Waals surface area contributed by atoms with Crippen LogP contribution >= 0.6 is 0 Å². The van der Waals surface area contributed by atoms with Gasteiger partial charge in [0.25, 0.3) is 5.91 Å². The van der Waals surface area contributed by atoms with E-state index in [9.17, 15) is 18.0 Å². The Morgan fingerprint density at radius 2 is 1.77 bits per heavy atom. The van der Waals surface area contributed by atoms with Gasteiger partial charge < -0.3 is 9.64 Å². The fraction of sp³-hybridized carbons (Fsp3) is 0.636. The standard InChI is InChI=1S/C22H32N2O5S/c1-16(25)22(26)24-14-6-9-20(23-30(2,27)28)21(24)15-29-19-12-10-18(11-13-19)17-7-4-3-5-8-17/h3-5,7-8,18-21,23H,6,9-15H2,1-2H3/t18?,19?,20-,21-/m0/s1. The van der Waals surface area contributed by atoms with E-state index in [1.54, 1.807) is 0 Å². The molecule has 3 rings (SSSR count).